The summed E-state index contributed by atoms with van der Waals surface area (Å²) in [5.74, 6) is 0. The second kappa shape index (κ2) is 7.70. The summed E-state index contributed by atoms with van der Waals surface area (Å²) in [6.07, 6.45) is 4.43. The zero-order valence-corrected chi connectivity index (χ0v) is 17.7. The molecule has 0 radical (unpaired) electrons. The van der Waals surface area contributed by atoms with Crippen LogP contribution in [0.2, 0.25) is 0 Å². The molecule has 1 saturated heterocycles. The molecule has 5 rings (SSSR count). The van der Waals surface area contributed by atoms with Crippen LogP contribution in [-0.2, 0) is 7.05 Å². The lowest BCUT2D eigenvalue weighted by Gasteiger charge is -2.31. The van der Waals surface area contributed by atoms with Gasteiger partial charge in [-0.1, -0.05) is 23.5 Å². The van der Waals surface area contributed by atoms with Crippen LogP contribution in [0.25, 0.3) is 32.2 Å². The summed E-state index contributed by atoms with van der Waals surface area (Å²) in [5, 5.41) is 10.2. The topological polar surface area (TPSA) is 46.0 Å². The van der Waals surface area contributed by atoms with Crippen LogP contribution in [0.15, 0.2) is 42.6 Å². The molecule has 7 heteroatoms. The van der Waals surface area contributed by atoms with Gasteiger partial charge in [-0.3, -0.25) is 4.68 Å². The maximum Gasteiger partial charge on any atom is 0.186 e. The number of anilines is 1. The van der Waals surface area contributed by atoms with E-state index in [1.807, 2.05) is 11.7 Å². The van der Waals surface area contributed by atoms with Crippen molar-refractivity contribution >= 4 is 50.0 Å². The number of piperidine rings is 1. The van der Waals surface area contributed by atoms with E-state index < -0.39 is 0 Å². The second-order valence-electron chi connectivity index (χ2n) is 7.35. The van der Waals surface area contributed by atoms with Crippen LogP contribution in [0.1, 0.15) is 12.8 Å². The number of aryl methyl sites for hydroxylation is 1. The van der Waals surface area contributed by atoms with Gasteiger partial charge in [0.25, 0.3) is 0 Å². The van der Waals surface area contributed by atoms with E-state index in [9.17, 15) is 0 Å². The normalized spacial score (nSPS) is 15.1. The van der Waals surface area contributed by atoms with Crippen molar-refractivity contribution in [3.63, 3.8) is 0 Å². The summed E-state index contributed by atoms with van der Waals surface area (Å²) in [6, 6.07) is 13.6. The lowest BCUT2D eigenvalue weighted by Crippen LogP contribution is -2.41. The van der Waals surface area contributed by atoms with Crippen LogP contribution in [-0.4, -0.2) is 40.9 Å². The monoisotopic (exact) mass is 413 g/mol. The molecule has 1 N–H and O–H groups in total. The third kappa shape index (κ3) is 3.48. The fraction of sp³-hybridized carbons (Fsp3) is 0.333. The predicted octanol–water partition coefficient (Wildman–Crippen LogP) is 4.46. The first kappa shape index (κ1) is 19.2. The number of benzene rings is 2. The minimum Gasteiger partial charge on any atom is -0.348 e. The van der Waals surface area contributed by atoms with Crippen molar-refractivity contribution < 1.29 is 0 Å². The highest BCUT2D eigenvalue weighted by Crippen LogP contribution is 2.34. The van der Waals surface area contributed by atoms with E-state index >= 15 is 0 Å². The fourth-order valence-electron chi connectivity index (χ4n) is 3.92. The highest BCUT2D eigenvalue weighted by molar-refractivity contribution is 7.22. The molecule has 28 heavy (non-hydrogen) atoms. The predicted molar refractivity (Wildman–Crippen MR) is 121 cm³/mol. The summed E-state index contributed by atoms with van der Waals surface area (Å²) >= 11 is 1.79. The van der Waals surface area contributed by atoms with E-state index in [-0.39, 0.29) is 12.4 Å². The molecule has 1 fully saturated rings. The third-order valence-electron chi connectivity index (χ3n) is 5.49. The number of halogens is 1. The second-order valence-corrected chi connectivity index (χ2v) is 8.36. The van der Waals surface area contributed by atoms with Crippen LogP contribution in [0.3, 0.4) is 0 Å². The van der Waals surface area contributed by atoms with Crippen LogP contribution in [0, 0.1) is 0 Å². The number of hydrogen-bond donors (Lipinski definition) is 1. The first-order valence-corrected chi connectivity index (χ1v) is 10.3. The van der Waals surface area contributed by atoms with Crippen molar-refractivity contribution in [2.45, 2.75) is 18.9 Å². The van der Waals surface area contributed by atoms with Gasteiger partial charge in [0.05, 0.1) is 15.7 Å². The minimum atomic E-state index is 0. The van der Waals surface area contributed by atoms with E-state index in [2.05, 4.69) is 65.0 Å². The SMILES string of the molecule is CN(c1nc2ccc(-c3ccc4nn(C)cc4c3)cc2s1)C1CCNCC1.Cl. The number of nitrogens with one attached hydrogen (secondary N) is 1. The number of rotatable bonds is 3. The van der Waals surface area contributed by atoms with Crippen LogP contribution in [0.5, 0.6) is 0 Å². The highest BCUT2D eigenvalue weighted by Gasteiger charge is 2.20. The zero-order chi connectivity index (χ0) is 18.4. The molecule has 1 aliphatic heterocycles. The van der Waals surface area contributed by atoms with E-state index in [4.69, 9.17) is 4.98 Å². The van der Waals surface area contributed by atoms with Gasteiger partial charge in [-0.15, -0.1) is 12.4 Å². The van der Waals surface area contributed by atoms with Gasteiger partial charge in [0.2, 0.25) is 0 Å². The zero-order valence-electron chi connectivity index (χ0n) is 16.1. The molecule has 5 nitrogen and oxygen atoms in total. The van der Waals surface area contributed by atoms with Gasteiger partial charge < -0.3 is 10.2 Å². The van der Waals surface area contributed by atoms with Crippen molar-refractivity contribution in [3.05, 3.63) is 42.6 Å². The number of thiazole rings is 1. The maximum absolute atomic E-state index is 4.89. The van der Waals surface area contributed by atoms with Crippen molar-refractivity contribution in [1.29, 1.82) is 0 Å². The maximum atomic E-state index is 4.89. The van der Waals surface area contributed by atoms with E-state index in [1.54, 1.807) is 11.3 Å². The van der Waals surface area contributed by atoms with Crippen molar-refractivity contribution in [3.8, 4) is 11.1 Å². The molecule has 0 saturated carbocycles. The Morgan fingerprint density at radius 2 is 1.79 bits per heavy atom. The smallest absolute Gasteiger partial charge is 0.186 e. The van der Waals surface area contributed by atoms with Crippen molar-refractivity contribution in [2.75, 3.05) is 25.0 Å². The van der Waals surface area contributed by atoms with Gasteiger partial charge in [-0.05, 0) is 61.3 Å². The minimum absolute atomic E-state index is 0. The molecule has 3 heterocycles. The Bertz CT molecular complexity index is 1110. The average molecular weight is 414 g/mol. The van der Waals surface area contributed by atoms with Gasteiger partial charge in [-0.2, -0.15) is 5.10 Å². The molecular formula is C21H24ClN5S. The van der Waals surface area contributed by atoms with Crippen LogP contribution in [0.4, 0.5) is 5.13 Å². The lowest BCUT2D eigenvalue weighted by atomic mass is 10.0. The van der Waals surface area contributed by atoms with Crippen molar-refractivity contribution in [2.24, 2.45) is 7.05 Å². The quantitative estimate of drug-likeness (QED) is 0.538. The number of nitrogens with zero attached hydrogens (tertiary/aromatic N) is 4. The molecule has 0 amide bonds. The first-order valence-electron chi connectivity index (χ1n) is 9.45. The molecule has 1 aliphatic rings. The summed E-state index contributed by atoms with van der Waals surface area (Å²) in [5.41, 5.74) is 4.57. The van der Waals surface area contributed by atoms with E-state index in [1.165, 1.54) is 34.1 Å². The Morgan fingerprint density at radius 1 is 1.07 bits per heavy atom. The molecule has 2 aromatic heterocycles. The molecule has 4 aromatic rings. The molecule has 0 atom stereocenters. The number of hydrogen-bond acceptors (Lipinski definition) is 5. The molecular weight excluding hydrogens is 390 g/mol. The highest BCUT2D eigenvalue weighted by atomic mass is 35.5. The Kier molecular flexibility index (Phi) is 5.27. The third-order valence-corrected chi connectivity index (χ3v) is 6.60. The van der Waals surface area contributed by atoms with Crippen LogP contribution >= 0.6 is 23.7 Å². The average Bonchev–Trinajstić information content (AvgIpc) is 3.29. The summed E-state index contributed by atoms with van der Waals surface area (Å²) in [4.78, 5) is 7.25. The van der Waals surface area contributed by atoms with Gasteiger partial charge >= 0.3 is 0 Å². The number of aromatic nitrogens is 3. The van der Waals surface area contributed by atoms with Crippen LogP contribution < -0.4 is 10.2 Å². The summed E-state index contributed by atoms with van der Waals surface area (Å²) in [6.45, 7) is 2.20. The van der Waals surface area contributed by atoms with Crippen molar-refractivity contribution in [1.82, 2.24) is 20.1 Å². The van der Waals surface area contributed by atoms with E-state index in [0.717, 1.165) is 29.3 Å². The molecule has 0 aliphatic carbocycles. The Hall–Kier alpha value is -2.15. The Labute approximate surface area is 174 Å². The largest absolute Gasteiger partial charge is 0.348 e. The van der Waals surface area contributed by atoms with Gasteiger partial charge in [0, 0.05) is 31.7 Å². The molecule has 146 valence electrons. The fourth-order valence-corrected chi connectivity index (χ4v) is 4.96. The summed E-state index contributed by atoms with van der Waals surface area (Å²) in [7, 11) is 4.15. The van der Waals surface area contributed by atoms with Gasteiger partial charge in [0.15, 0.2) is 5.13 Å². The summed E-state index contributed by atoms with van der Waals surface area (Å²) < 4.78 is 3.11. The van der Waals surface area contributed by atoms with Gasteiger partial charge in [-0.25, -0.2) is 4.98 Å². The number of fused-ring (bicyclic) bond motifs is 2. The molecule has 2 aromatic carbocycles. The van der Waals surface area contributed by atoms with E-state index in [0.29, 0.717) is 6.04 Å². The van der Waals surface area contributed by atoms with Gasteiger partial charge in [0.1, 0.15) is 0 Å². The standard InChI is InChI=1S/C21H23N5S.ClH/c1-25-13-16-11-14(3-5-18(16)24-25)15-4-6-19-20(12-15)27-21(23-19)26(2)17-7-9-22-10-8-17;/h3-6,11-13,17,22H,7-10H2,1-2H3;1H. The molecule has 0 bridgehead atoms. The first-order chi connectivity index (χ1) is 13.2. The Balaban J connectivity index is 0.00000192. The Morgan fingerprint density at radius 3 is 2.57 bits per heavy atom. The molecule has 0 unspecified atom stereocenters. The molecule has 0 spiro atoms. The lowest BCUT2D eigenvalue weighted by molar-refractivity contribution is 0.443.